The van der Waals surface area contributed by atoms with Gasteiger partial charge in [0.25, 0.3) is 0 Å². The molecule has 0 saturated carbocycles. The average Bonchev–Trinajstić information content (AvgIpc) is 2.35. The third kappa shape index (κ3) is 1.81. The molecular formula is C15H13ClO. The monoisotopic (exact) mass is 244 g/mol. The van der Waals surface area contributed by atoms with Crippen molar-refractivity contribution in [3.05, 3.63) is 59.2 Å². The number of benzene rings is 2. The second-order valence-electron chi connectivity index (χ2n) is 4.33. The molecule has 3 rings (SSSR count). The number of alkyl halides is 1. The van der Waals surface area contributed by atoms with Gasteiger partial charge in [-0.15, -0.1) is 11.6 Å². The van der Waals surface area contributed by atoms with Crippen molar-refractivity contribution in [3.63, 3.8) is 0 Å². The van der Waals surface area contributed by atoms with Gasteiger partial charge in [0.1, 0.15) is 11.5 Å². The van der Waals surface area contributed by atoms with Gasteiger partial charge in [-0.25, -0.2) is 0 Å². The van der Waals surface area contributed by atoms with Crippen LogP contribution < -0.4 is 4.74 Å². The molecule has 1 aliphatic rings. The summed E-state index contributed by atoms with van der Waals surface area (Å²) in [4.78, 5) is 0. The Morgan fingerprint density at radius 3 is 2.65 bits per heavy atom. The zero-order valence-corrected chi connectivity index (χ0v) is 10.4. The van der Waals surface area contributed by atoms with E-state index in [1.807, 2.05) is 37.3 Å². The molecule has 0 aliphatic carbocycles. The number of ether oxygens (including phenoxy) is 1. The quantitative estimate of drug-likeness (QED) is 0.565. The number of halogens is 1. The van der Waals surface area contributed by atoms with Crippen molar-refractivity contribution in [2.45, 2.75) is 18.7 Å². The maximum absolute atomic E-state index is 6.21. The van der Waals surface area contributed by atoms with Gasteiger partial charge in [0.05, 0.1) is 5.38 Å². The van der Waals surface area contributed by atoms with Gasteiger partial charge in [-0.05, 0) is 30.2 Å². The molecule has 2 aromatic rings. The molecule has 1 nitrogen and oxygen atoms in total. The number of fused-ring (bicyclic) bond motifs is 2. The highest BCUT2D eigenvalue weighted by Crippen LogP contribution is 2.40. The van der Waals surface area contributed by atoms with Gasteiger partial charge < -0.3 is 4.74 Å². The molecule has 1 unspecified atom stereocenters. The van der Waals surface area contributed by atoms with E-state index in [-0.39, 0.29) is 5.38 Å². The van der Waals surface area contributed by atoms with Gasteiger partial charge in [-0.2, -0.15) is 0 Å². The van der Waals surface area contributed by atoms with Crippen molar-refractivity contribution in [1.29, 1.82) is 0 Å². The van der Waals surface area contributed by atoms with Gasteiger partial charge >= 0.3 is 0 Å². The Bertz CT molecular complexity index is 561. The minimum Gasteiger partial charge on any atom is -0.457 e. The lowest BCUT2D eigenvalue weighted by molar-refractivity contribution is 0.458. The summed E-state index contributed by atoms with van der Waals surface area (Å²) < 4.78 is 5.91. The third-order valence-electron chi connectivity index (χ3n) is 3.16. The van der Waals surface area contributed by atoms with E-state index in [1.54, 1.807) is 0 Å². The van der Waals surface area contributed by atoms with Crippen molar-refractivity contribution in [2.24, 2.45) is 0 Å². The first-order chi connectivity index (χ1) is 8.25. The van der Waals surface area contributed by atoms with E-state index in [4.69, 9.17) is 16.3 Å². The van der Waals surface area contributed by atoms with E-state index in [0.717, 1.165) is 17.9 Å². The summed E-state index contributed by atoms with van der Waals surface area (Å²) in [6, 6.07) is 14.2. The number of para-hydroxylation sites is 1. The highest BCUT2D eigenvalue weighted by Gasteiger charge is 2.20. The number of hydrogen-bond acceptors (Lipinski definition) is 1. The molecule has 0 spiro atoms. The van der Waals surface area contributed by atoms with Gasteiger partial charge in [-0.1, -0.05) is 30.3 Å². The topological polar surface area (TPSA) is 9.23 Å². The first-order valence-corrected chi connectivity index (χ1v) is 6.21. The van der Waals surface area contributed by atoms with Crippen molar-refractivity contribution < 1.29 is 4.74 Å². The van der Waals surface area contributed by atoms with Crippen LogP contribution in [0.4, 0.5) is 0 Å². The Morgan fingerprint density at radius 1 is 1.06 bits per heavy atom. The van der Waals surface area contributed by atoms with Crippen molar-refractivity contribution in [2.75, 3.05) is 0 Å². The minimum atomic E-state index is 0.0128. The molecule has 0 aromatic heterocycles. The molecule has 0 saturated heterocycles. The fourth-order valence-corrected chi connectivity index (χ4v) is 2.50. The van der Waals surface area contributed by atoms with E-state index in [1.165, 1.54) is 16.7 Å². The molecule has 2 heteroatoms. The molecule has 1 heterocycles. The standard InChI is InChI=1S/C15H13ClO/c1-10(16)12-6-4-8-15-13(12)9-11-5-2-3-7-14(11)17-15/h2-8,10H,9H2,1H3. The van der Waals surface area contributed by atoms with Gasteiger partial charge in [0, 0.05) is 12.0 Å². The Hall–Kier alpha value is -1.47. The summed E-state index contributed by atoms with van der Waals surface area (Å²) in [5.74, 6) is 1.90. The SMILES string of the molecule is CC(Cl)c1cccc2c1Cc1ccccc1O2. The van der Waals surface area contributed by atoms with Crippen molar-refractivity contribution in [3.8, 4) is 11.5 Å². The van der Waals surface area contributed by atoms with Crippen LogP contribution in [0.2, 0.25) is 0 Å². The van der Waals surface area contributed by atoms with Crippen molar-refractivity contribution >= 4 is 11.6 Å². The lowest BCUT2D eigenvalue weighted by atomic mass is 9.94. The molecule has 1 atom stereocenters. The molecular weight excluding hydrogens is 232 g/mol. The summed E-state index contributed by atoms with van der Waals surface area (Å²) in [6.45, 7) is 2.00. The zero-order valence-electron chi connectivity index (χ0n) is 9.61. The maximum Gasteiger partial charge on any atom is 0.131 e. The number of rotatable bonds is 1. The molecule has 0 N–H and O–H groups in total. The Morgan fingerprint density at radius 2 is 1.82 bits per heavy atom. The van der Waals surface area contributed by atoms with E-state index in [2.05, 4.69) is 12.1 Å². The van der Waals surface area contributed by atoms with E-state index in [9.17, 15) is 0 Å². The molecule has 0 amide bonds. The van der Waals surface area contributed by atoms with E-state index >= 15 is 0 Å². The first kappa shape index (κ1) is 10.7. The fraction of sp³-hybridized carbons (Fsp3) is 0.200. The normalized spacial score (nSPS) is 14.5. The van der Waals surface area contributed by atoms with Gasteiger partial charge in [0.2, 0.25) is 0 Å². The number of hydrogen-bond donors (Lipinski definition) is 0. The maximum atomic E-state index is 6.21. The van der Waals surface area contributed by atoms with Crippen LogP contribution in [-0.4, -0.2) is 0 Å². The van der Waals surface area contributed by atoms with E-state index in [0.29, 0.717) is 0 Å². The van der Waals surface area contributed by atoms with Crippen LogP contribution in [0, 0.1) is 0 Å². The Kier molecular flexibility index (Phi) is 2.56. The third-order valence-corrected chi connectivity index (χ3v) is 3.39. The van der Waals surface area contributed by atoms with Crippen molar-refractivity contribution in [1.82, 2.24) is 0 Å². The van der Waals surface area contributed by atoms with E-state index < -0.39 is 0 Å². The average molecular weight is 245 g/mol. The Balaban J connectivity index is 2.12. The second-order valence-corrected chi connectivity index (χ2v) is 4.98. The van der Waals surface area contributed by atoms with Gasteiger partial charge in [0.15, 0.2) is 0 Å². The molecule has 17 heavy (non-hydrogen) atoms. The van der Waals surface area contributed by atoms with Crippen LogP contribution in [0.1, 0.15) is 29.0 Å². The summed E-state index contributed by atoms with van der Waals surface area (Å²) in [5, 5.41) is 0.0128. The first-order valence-electron chi connectivity index (χ1n) is 5.77. The van der Waals surface area contributed by atoms with Crippen LogP contribution in [0.15, 0.2) is 42.5 Å². The summed E-state index contributed by atoms with van der Waals surface area (Å²) in [7, 11) is 0. The van der Waals surface area contributed by atoms with Crippen LogP contribution in [0.3, 0.4) is 0 Å². The lowest BCUT2D eigenvalue weighted by Crippen LogP contribution is -2.06. The lowest BCUT2D eigenvalue weighted by Gasteiger charge is -2.23. The van der Waals surface area contributed by atoms with Gasteiger partial charge in [-0.3, -0.25) is 0 Å². The summed E-state index contributed by atoms with van der Waals surface area (Å²) in [5.41, 5.74) is 3.61. The smallest absolute Gasteiger partial charge is 0.131 e. The Labute approximate surface area is 106 Å². The molecule has 1 aliphatic heterocycles. The van der Waals surface area contributed by atoms with Crippen LogP contribution in [-0.2, 0) is 6.42 Å². The highest BCUT2D eigenvalue weighted by molar-refractivity contribution is 6.20. The predicted molar refractivity (Wildman–Crippen MR) is 70.0 cm³/mol. The summed E-state index contributed by atoms with van der Waals surface area (Å²) >= 11 is 6.21. The second kappa shape index (κ2) is 4.08. The fourth-order valence-electron chi connectivity index (χ4n) is 2.30. The minimum absolute atomic E-state index is 0.0128. The molecule has 0 bridgehead atoms. The molecule has 0 radical (unpaired) electrons. The summed E-state index contributed by atoms with van der Waals surface area (Å²) in [6.07, 6.45) is 0.902. The molecule has 0 fully saturated rings. The molecule has 86 valence electrons. The van der Waals surface area contributed by atoms with Crippen LogP contribution in [0.5, 0.6) is 11.5 Å². The largest absolute Gasteiger partial charge is 0.457 e. The van der Waals surface area contributed by atoms with Crippen LogP contribution in [0.25, 0.3) is 0 Å². The predicted octanol–water partition coefficient (Wildman–Crippen LogP) is 4.68. The highest BCUT2D eigenvalue weighted by atomic mass is 35.5. The molecule has 2 aromatic carbocycles. The van der Waals surface area contributed by atoms with Crippen LogP contribution >= 0.6 is 11.6 Å². The zero-order chi connectivity index (χ0) is 11.8.